The van der Waals surface area contributed by atoms with Crippen LogP contribution < -0.4 is 0 Å². The zero-order valence-electron chi connectivity index (χ0n) is 17.6. The summed E-state index contributed by atoms with van der Waals surface area (Å²) < 4.78 is 58.3. The molecule has 35 heavy (non-hydrogen) atoms. The summed E-state index contributed by atoms with van der Waals surface area (Å²) in [5.41, 5.74) is -3.99. The van der Waals surface area contributed by atoms with Crippen LogP contribution in [0, 0.1) is 5.82 Å². The predicted octanol–water partition coefficient (Wildman–Crippen LogP) is 4.20. The van der Waals surface area contributed by atoms with Gasteiger partial charge in [-0.1, -0.05) is 0 Å². The molecular weight excluding hydrogens is 516 g/mol. The number of hydrogen-bond acceptors (Lipinski definition) is 7. The Bertz CT molecular complexity index is 1410. The van der Waals surface area contributed by atoms with E-state index in [2.05, 4.69) is 4.98 Å². The van der Waals surface area contributed by atoms with Crippen molar-refractivity contribution in [3.8, 4) is 0 Å². The van der Waals surface area contributed by atoms with Crippen LogP contribution in [0.25, 0.3) is 10.2 Å². The number of rotatable bonds is 5. The van der Waals surface area contributed by atoms with Crippen molar-refractivity contribution in [1.29, 1.82) is 0 Å². The zero-order chi connectivity index (χ0) is 25.7. The molecule has 1 atom stereocenters. The fourth-order valence-corrected chi connectivity index (χ4v) is 5.10. The largest absolute Gasteiger partial charge is 0.468 e. The number of benzene rings is 2. The van der Waals surface area contributed by atoms with E-state index in [1.54, 1.807) is 0 Å². The Morgan fingerprint density at radius 3 is 2.51 bits per heavy atom. The molecule has 1 aliphatic heterocycles. The van der Waals surface area contributed by atoms with Gasteiger partial charge in [0.05, 0.1) is 35.9 Å². The van der Waals surface area contributed by atoms with E-state index in [9.17, 15) is 36.7 Å². The van der Waals surface area contributed by atoms with Crippen molar-refractivity contribution in [3.63, 3.8) is 0 Å². The third kappa shape index (κ3) is 4.16. The summed E-state index contributed by atoms with van der Waals surface area (Å²) in [7, 11) is 0.946. The quantitative estimate of drug-likeness (QED) is 0.162. The summed E-state index contributed by atoms with van der Waals surface area (Å²) in [5.74, 6) is -4.22. The van der Waals surface area contributed by atoms with E-state index in [1.807, 2.05) is 0 Å². The summed E-state index contributed by atoms with van der Waals surface area (Å²) >= 11 is 6.46. The van der Waals surface area contributed by atoms with Crippen molar-refractivity contribution in [3.05, 3.63) is 63.9 Å². The number of carbonyl (C=O) groups is 4. The van der Waals surface area contributed by atoms with Crippen LogP contribution in [0.5, 0.6) is 0 Å². The highest BCUT2D eigenvalue weighted by molar-refractivity contribution is 7.18. The third-order valence-electron chi connectivity index (χ3n) is 5.52. The van der Waals surface area contributed by atoms with E-state index in [0.717, 1.165) is 48.8 Å². The Balaban J connectivity index is 1.83. The van der Waals surface area contributed by atoms with Gasteiger partial charge in [0.15, 0.2) is 5.41 Å². The highest BCUT2D eigenvalue weighted by atomic mass is 35.5. The van der Waals surface area contributed by atoms with Gasteiger partial charge < -0.3 is 4.74 Å². The third-order valence-corrected chi connectivity index (χ3v) is 6.67. The number of halogens is 5. The lowest BCUT2D eigenvalue weighted by Crippen LogP contribution is -2.58. The van der Waals surface area contributed by atoms with Gasteiger partial charge in [-0.15, -0.1) is 11.3 Å². The first-order chi connectivity index (χ1) is 16.4. The number of amides is 2. The van der Waals surface area contributed by atoms with Crippen LogP contribution in [0.4, 0.5) is 17.6 Å². The maximum absolute atomic E-state index is 14.1. The molecule has 13 heteroatoms. The van der Waals surface area contributed by atoms with Crippen LogP contribution in [-0.2, 0) is 37.3 Å². The molecule has 7 nitrogen and oxygen atoms in total. The van der Waals surface area contributed by atoms with Gasteiger partial charge in [-0.3, -0.25) is 24.1 Å². The van der Waals surface area contributed by atoms with E-state index in [-0.39, 0.29) is 21.7 Å². The highest BCUT2D eigenvalue weighted by Crippen LogP contribution is 2.41. The van der Waals surface area contributed by atoms with Crippen LogP contribution in [0.1, 0.15) is 32.9 Å². The van der Waals surface area contributed by atoms with E-state index < -0.39 is 59.0 Å². The number of aromatic nitrogens is 1. The molecule has 0 spiro atoms. The lowest BCUT2D eigenvalue weighted by atomic mass is 9.71. The molecule has 1 aromatic heterocycles. The molecule has 0 saturated carbocycles. The van der Waals surface area contributed by atoms with Crippen molar-refractivity contribution in [2.45, 2.75) is 24.6 Å². The van der Waals surface area contributed by atoms with Crippen molar-refractivity contribution >= 4 is 56.2 Å². The van der Waals surface area contributed by atoms with Gasteiger partial charge in [0.1, 0.15) is 10.8 Å². The summed E-state index contributed by atoms with van der Waals surface area (Å²) in [6, 6.07) is 5.69. The first kappa shape index (κ1) is 24.7. The van der Waals surface area contributed by atoms with E-state index in [1.165, 1.54) is 6.07 Å². The molecule has 0 N–H and O–H groups in total. The standard InChI is InChI=1S/C22H13ClF4N2O5S/c1-34-20(33)21(8-16(23)30)13-7-11(24)3-4-12(13)18(31)29(19(21)32)9-17-28-14-6-10(22(25,26)27)2-5-15(14)35-17/h2-7H,8-9H2,1H3. The minimum atomic E-state index is -4.59. The number of nitrogens with zero attached hydrogens (tertiary/aromatic N) is 2. The van der Waals surface area contributed by atoms with E-state index >= 15 is 0 Å². The molecule has 2 heterocycles. The second-order valence-electron chi connectivity index (χ2n) is 7.60. The number of hydrogen-bond donors (Lipinski definition) is 0. The van der Waals surface area contributed by atoms with E-state index in [0.29, 0.717) is 9.60 Å². The van der Waals surface area contributed by atoms with Crippen molar-refractivity contribution in [2.24, 2.45) is 0 Å². The lowest BCUT2D eigenvalue weighted by Gasteiger charge is -2.38. The SMILES string of the molecule is COC(=O)C1(CC(=O)Cl)C(=O)N(Cc2nc3cc(C(F)(F)F)ccc3s2)C(=O)c2ccc(F)cc21. The Morgan fingerprint density at radius 2 is 1.89 bits per heavy atom. The molecule has 2 aromatic carbocycles. The number of esters is 1. The number of methoxy groups -OCH3 is 1. The maximum atomic E-state index is 14.1. The Hall–Kier alpha value is -3.38. The minimum Gasteiger partial charge on any atom is -0.468 e. The van der Waals surface area contributed by atoms with Gasteiger partial charge in [-0.05, 0) is 53.6 Å². The number of thiazole rings is 1. The smallest absolute Gasteiger partial charge is 0.416 e. The molecule has 0 radical (unpaired) electrons. The number of fused-ring (bicyclic) bond motifs is 2. The number of carbonyl (C=O) groups excluding carboxylic acids is 4. The summed E-state index contributed by atoms with van der Waals surface area (Å²) in [6.45, 7) is -0.523. The Morgan fingerprint density at radius 1 is 1.17 bits per heavy atom. The van der Waals surface area contributed by atoms with Gasteiger partial charge in [0, 0.05) is 5.56 Å². The average Bonchev–Trinajstić information content (AvgIpc) is 3.20. The van der Waals surface area contributed by atoms with Crippen molar-refractivity contribution in [2.75, 3.05) is 7.11 Å². The second kappa shape index (κ2) is 8.68. The molecule has 0 bridgehead atoms. The average molecular weight is 529 g/mol. The maximum Gasteiger partial charge on any atom is 0.416 e. The number of imide groups is 1. The van der Waals surface area contributed by atoms with Crippen molar-refractivity contribution in [1.82, 2.24) is 9.88 Å². The van der Waals surface area contributed by atoms with Gasteiger partial charge in [0.2, 0.25) is 5.24 Å². The van der Waals surface area contributed by atoms with Crippen molar-refractivity contribution < 1.29 is 41.5 Å². The van der Waals surface area contributed by atoms with E-state index in [4.69, 9.17) is 16.3 Å². The van der Waals surface area contributed by atoms with Crippen LogP contribution in [0.3, 0.4) is 0 Å². The molecule has 3 aromatic rings. The van der Waals surface area contributed by atoms with Gasteiger partial charge in [-0.25, -0.2) is 9.37 Å². The first-order valence-corrected chi connectivity index (χ1v) is 11.0. The molecule has 0 saturated heterocycles. The molecular formula is C22H13ClF4N2O5S. The fraction of sp³-hybridized carbons (Fsp3) is 0.227. The van der Waals surface area contributed by atoms with Gasteiger partial charge in [0.25, 0.3) is 11.8 Å². The number of ether oxygens (including phenoxy) is 1. The molecule has 1 unspecified atom stereocenters. The fourth-order valence-electron chi connectivity index (χ4n) is 3.96. The normalized spacial score (nSPS) is 18.1. The highest BCUT2D eigenvalue weighted by Gasteiger charge is 2.58. The molecule has 0 fully saturated rings. The minimum absolute atomic E-state index is 0.00521. The molecule has 182 valence electrons. The number of alkyl halides is 3. The first-order valence-electron chi connectivity index (χ1n) is 9.78. The second-order valence-corrected chi connectivity index (χ2v) is 9.14. The van der Waals surface area contributed by atoms with Crippen LogP contribution in [-0.4, -0.2) is 40.0 Å². The topological polar surface area (TPSA) is 93.6 Å². The molecule has 0 aliphatic carbocycles. The molecule has 2 amide bonds. The van der Waals surface area contributed by atoms with Gasteiger partial charge >= 0.3 is 12.1 Å². The predicted molar refractivity (Wildman–Crippen MR) is 115 cm³/mol. The summed E-state index contributed by atoms with van der Waals surface area (Å²) in [4.78, 5) is 56.2. The summed E-state index contributed by atoms with van der Waals surface area (Å²) in [6.07, 6.45) is -5.51. The van der Waals surface area contributed by atoms with Gasteiger partial charge in [-0.2, -0.15) is 13.2 Å². The monoisotopic (exact) mass is 528 g/mol. The summed E-state index contributed by atoms with van der Waals surface area (Å²) in [5, 5.41) is -1.03. The van der Waals surface area contributed by atoms with Crippen LogP contribution >= 0.6 is 22.9 Å². The van der Waals surface area contributed by atoms with Crippen LogP contribution in [0.2, 0.25) is 0 Å². The zero-order valence-corrected chi connectivity index (χ0v) is 19.2. The molecule has 4 rings (SSSR count). The van der Waals surface area contributed by atoms with Crippen LogP contribution in [0.15, 0.2) is 36.4 Å². The Labute approximate surface area is 203 Å². The molecule has 1 aliphatic rings. The lowest BCUT2D eigenvalue weighted by molar-refractivity contribution is -0.158. The Kier molecular flexibility index (Phi) is 6.14.